The van der Waals surface area contributed by atoms with E-state index in [9.17, 15) is 14.4 Å². The molecule has 1 aromatic heterocycles. The van der Waals surface area contributed by atoms with Crippen LogP contribution >= 0.6 is 11.6 Å². The first-order valence-corrected chi connectivity index (χ1v) is 11.0. The van der Waals surface area contributed by atoms with Crippen molar-refractivity contribution in [1.82, 2.24) is 4.68 Å². The minimum atomic E-state index is -0.472. The monoisotopic (exact) mass is 464 g/mol. The molecule has 7 nitrogen and oxygen atoms in total. The van der Waals surface area contributed by atoms with Gasteiger partial charge >= 0.3 is 0 Å². The van der Waals surface area contributed by atoms with Crippen molar-refractivity contribution in [3.8, 4) is 0 Å². The first-order chi connectivity index (χ1) is 15.7. The van der Waals surface area contributed by atoms with Crippen LogP contribution in [0.4, 0.5) is 11.4 Å². The Hall–Kier alpha value is -3.58. The fourth-order valence-corrected chi connectivity index (χ4v) is 4.02. The molecule has 1 aliphatic rings. The lowest BCUT2D eigenvalue weighted by Crippen LogP contribution is -2.28. The third-order valence-corrected chi connectivity index (χ3v) is 6.27. The third kappa shape index (κ3) is 4.78. The maximum absolute atomic E-state index is 12.8. The number of hydrogen-bond acceptors (Lipinski definition) is 3. The van der Waals surface area contributed by atoms with Gasteiger partial charge in [-0.05, 0) is 74.9 Å². The average Bonchev–Trinajstić information content (AvgIpc) is 3.33. The highest BCUT2D eigenvalue weighted by Crippen LogP contribution is 2.29. The van der Waals surface area contributed by atoms with E-state index in [1.165, 1.54) is 0 Å². The lowest BCUT2D eigenvalue weighted by atomic mass is 10.1. The van der Waals surface area contributed by atoms with Crippen molar-refractivity contribution in [3.63, 3.8) is 0 Å². The van der Waals surface area contributed by atoms with Crippen molar-refractivity contribution in [2.45, 2.75) is 27.2 Å². The van der Waals surface area contributed by atoms with Gasteiger partial charge in [0.2, 0.25) is 11.8 Å². The van der Waals surface area contributed by atoms with Crippen molar-refractivity contribution in [2.24, 2.45) is 5.92 Å². The van der Waals surface area contributed by atoms with Gasteiger partial charge in [-0.1, -0.05) is 17.7 Å². The molecule has 0 unspecified atom stereocenters. The number of carbonyl (C=O) groups is 3. The van der Waals surface area contributed by atoms with E-state index in [0.29, 0.717) is 28.5 Å². The number of halogens is 1. The van der Waals surface area contributed by atoms with Gasteiger partial charge in [0.25, 0.3) is 5.91 Å². The second-order valence-corrected chi connectivity index (χ2v) is 8.71. The van der Waals surface area contributed by atoms with Crippen molar-refractivity contribution in [3.05, 3.63) is 82.1 Å². The van der Waals surface area contributed by atoms with Crippen LogP contribution in [0.1, 0.15) is 33.7 Å². The van der Waals surface area contributed by atoms with Crippen molar-refractivity contribution in [1.29, 1.82) is 0 Å². The third-order valence-electron chi connectivity index (χ3n) is 5.86. The number of amides is 3. The lowest BCUT2D eigenvalue weighted by molar-refractivity contribution is -0.122. The van der Waals surface area contributed by atoms with E-state index in [0.717, 1.165) is 17.0 Å². The molecule has 2 heterocycles. The van der Waals surface area contributed by atoms with Crippen molar-refractivity contribution < 1.29 is 14.4 Å². The number of rotatable bonds is 5. The van der Waals surface area contributed by atoms with E-state index < -0.39 is 5.92 Å². The van der Waals surface area contributed by atoms with Crippen LogP contribution in [-0.2, 0) is 9.59 Å². The zero-order valence-corrected chi connectivity index (χ0v) is 19.4. The van der Waals surface area contributed by atoms with Crippen molar-refractivity contribution in [2.75, 3.05) is 22.2 Å². The highest BCUT2D eigenvalue weighted by Gasteiger charge is 2.35. The summed E-state index contributed by atoms with van der Waals surface area (Å²) in [6, 6.07) is 15.9. The smallest absolute Gasteiger partial charge is 0.270 e. The predicted octanol–water partition coefficient (Wildman–Crippen LogP) is 4.44. The number of anilines is 2. The molecule has 0 radical (unpaired) electrons. The normalized spacial score (nSPS) is 15.6. The Morgan fingerprint density at radius 3 is 2.27 bits per heavy atom. The summed E-state index contributed by atoms with van der Waals surface area (Å²) >= 11 is 6.19. The minimum absolute atomic E-state index is 0.113. The number of benzene rings is 2. The number of aryl methyl sites for hydroxylation is 3. The molecule has 3 amide bonds. The Morgan fingerprint density at radius 2 is 1.64 bits per heavy atom. The zero-order chi connectivity index (χ0) is 23.7. The number of carbonyl (C=O) groups excluding carboxylic acids is 3. The number of nitrogens with one attached hydrogen (secondary N) is 2. The van der Waals surface area contributed by atoms with E-state index in [2.05, 4.69) is 10.7 Å². The second kappa shape index (κ2) is 9.11. The van der Waals surface area contributed by atoms with Gasteiger partial charge < -0.3 is 10.2 Å². The highest BCUT2D eigenvalue weighted by molar-refractivity contribution is 6.31. The van der Waals surface area contributed by atoms with Gasteiger partial charge in [-0.3, -0.25) is 24.5 Å². The van der Waals surface area contributed by atoms with Crippen LogP contribution in [0.3, 0.4) is 0 Å². The van der Waals surface area contributed by atoms with Crippen molar-refractivity contribution >= 4 is 40.7 Å². The Labute approximate surface area is 197 Å². The number of hydrogen-bond donors (Lipinski definition) is 2. The Kier molecular flexibility index (Phi) is 6.24. The molecule has 1 atom stereocenters. The van der Waals surface area contributed by atoms with Gasteiger partial charge in [0.05, 0.1) is 5.92 Å². The second-order valence-electron chi connectivity index (χ2n) is 8.30. The summed E-state index contributed by atoms with van der Waals surface area (Å²) in [5, 5.41) is 3.43. The van der Waals surface area contributed by atoms with E-state index in [1.807, 2.05) is 45.0 Å². The SMILES string of the molecule is Cc1ccc(N2C[C@H](C(=O)Nc3ccc(C(=O)Nn4c(C)ccc4C)cc3)CC2=O)cc1Cl. The first kappa shape index (κ1) is 22.6. The molecule has 3 aromatic rings. The van der Waals surface area contributed by atoms with Gasteiger partial charge in [0.1, 0.15) is 0 Å². The maximum atomic E-state index is 12.8. The quantitative estimate of drug-likeness (QED) is 0.585. The Balaban J connectivity index is 1.38. The predicted molar refractivity (Wildman–Crippen MR) is 129 cm³/mol. The molecule has 170 valence electrons. The molecule has 0 aliphatic carbocycles. The zero-order valence-electron chi connectivity index (χ0n) is 18.7. The minimum Gasteiger partial charge on any atom is -0.326 e. The van der Waals surface area contributed by atoms with E-state index in [1.54, 1.807) is 39.9 Å². The Bertz CT molecular complexity index is 1210. The van der Waals surface area contributed by atoms with Crippen LogP contribution in [0.5, 0.6) is 0 Å². The Morgan fingerprint density at radius 1 is 0.970 bits per heavy atom. The van der Waals surface area contributed by atoms with Crippen LogP contribution in [0.15, 0.2) is 54.6 Å². The number of nitrogens with zero attached hydrogens (tertiary/aromatic N) is 2. The van der Waals surface area contributed by atoms with E-state index in [-0.39, 0.29) is 24.1 Å². The largest absolute Gasteiger partial charge is 0.326 e. The summed E-state index contributed by atoms with van der Waals surface area (Å²) in [6.07, 6.45) is 0.132. The summed E-state index contributed by atoms with van der Waals surface area (Å²) in [7, 11) is 0. The fourth-order valence-electron chi connectivity index (χ4n) is 3.84. The molecule has 2 N–H and O–H groups in total. The molecule has 8 heteroatoms. The van der Waals surface area contributed by atoms with Gasteiger partial charge in [0.15, 0.2) is 0 Å². The summed E-state index contributed by atoms with van der Waals surface area (Å²) < 4.78 is 1.72. The van der Waals surface area contributed by atoms with Gasteiger partial charge in [-0.15, -0.1) is 0 Å². The van der Waals surface area contributed by atoms with Gasteiger partial charge in [-0.25, -0.2) is 0 Å². The fraction of sp³-hybridized carbons (Fsp3) is 0.240. The van der Waals surface area contributed by atoms with E-state index >= 15 is 0 Å². The summed E-state index contributed by atoms with van der Waals surface area (Å²) in [5.41, 5.74) is 7.36. The molecule has 0 spiro atoms. The standard InChI is InChI=1S/C25H25ClN4O3/c1-15-4-11-21(13-22(15)26)29-14-19(12-23(29)31)24(32)27-20-9-7-18(8-10-20)25(33)28-30-16(2)5-6-17(30)3/h4-11,13,19H,12,14H2,1-3H3,(H,27,32)(H,28,33)/t19-/m1/s1. The average molecular weight is 465 g/mol. The molecular formula is C25H25ClN4O3. The topological polar surface area (TPSA) is 83.4 Å². The summed E-state index contributed by atoms with van der Waals surface area (Å²) in [4.78, 5) is 39.4. The molecule has 4 rings (SSSR count). The van der Waals surface area contributed by atoms with Crippen LogP contribution in [0.25, 0.3) is 0 Å². The molecule has 1 aliphatic heterocycles. The highest BCUT2D eigenvalue weighted by atomic mass is 35.5. The first-order valence-electron chi connectivity index (χ1n) is 10.7. The van der Waals surface area contributed by atoms with Gasteiger partial charge in [0, 0.05) is 46.3 Å². The molecule has 0 saturated carbocycles. The molecule has 0 bridgehead atoms. The molecule has 1 fully saturated rings. The lowest BCUT2D eigenvalue weighted by Gasteiger charge is -2.17. The summed E-state index contributed by atoms with van der Waals surface area (Å²) in [5.74, 6) is -1.07. The molecule has 2 aromatic carbocycles. The van der Waals surface area contributed by atoms with Crippen LogP contribution in [0.2, 0.25) is 5.02 Å². The van der Waals surface area contributed by atoms with Crippen LogP contribution in [0, 0.1) is 26.7 Å². The van der Waals surface area contributed by atoms with E-state index in [4.69, 9.17) is 11.6 Å². The molecule has 1 saturated heterocycles. The molecule has 33 heavy (non-hydrogen) atoms. The van der Waals surface area contributed by atoms with Gasteiger partial charge in [-0.2, -0.15) is 0 Å². The van der Waals surface area contributed by atoms with Crippen LogP contribution in [-0.4, -0.2) is 28.9 Å². The summed E-state index contributed by atoms with van der Waals surface area (Å²) in [6.45, 7) is 6.01. The number of aromatic nitrogens is 1. The molecular weight excluding hydrogens is 440 g/mol. The van der Waals surface area contributed by atoms with Crippen LogP contribution < -0.4 is 15.6 Å². The maximum Gasteiger partial charge on any atom is 0.270 e.